The van der Waals surface area contributed by atoms with Crippen molar-refractivity contribution in [3.05, 3.63) is 52.7 Å². The zero-order valence-electron chi connectivity index (χ0n) is 15.9. The lowest BCUT2D eigenvalue weighted by Crippen LogP contribution is -2.16. The van der Waals surface area contributed by atoms with Crippen molar-refractivity contribution in [1.29, 1.82) is 0 Å². The Hall–Kier alpha value is -2.99. The fourth-order valence-electron chi connectivity index (χ4n) is 2.99. The van der Waals surface area contributed by atoms with E-state index >= 15 is 0 Å². The SMILES string of the molecule is CCCNCCCCOc1c(O)cc(O)c2c(=O)cc(-c3ccccc3)oc12. The molecule has 1 heterocycles. The molecule has 0 saturated carbocycles. The zero-order chi connectivity index (χ0) is 19.9. The molecule has 0 aliphatic heterocycles. The Labute approximate surface area is 163 Å². The molecule has 6 nitrogen and oxygen atoms in total. The van der Waals surface area contributed by atoms with E-state index in [2.05, 4.69) is 12.2 Å². The van der Waals surface area contributed by atoms with Crippen LogP contribution in [-0.2, 0) is 0 Å². The summed E-state index contributed by atoms with van der Waals surface area (Å²) in [6, 6.07) is 11.6. The van der Waals surface area contributed by atoms with Gasteiger partial charge in [0.2, 0.25) is 5.75 Å². The summed E-state index contributed by atoms with van der Waals surface area (Å²) in [5.74, 6) is -0.180. The minimum Gasteiger partial charge on any atom is -0.507 e. The van der Waals surface area contributed by atoms with Crippen molar-refractivity contribution in [3.8, 4) is 28.6 Å². The van der Waals surface area contributed by atoms with Crippen LogP contribution >= 0.6 is 0 Å². The van der Waals surface area contributed by atoms with Gasteiger partial charge in [-0.15, -0.1) is 0 Å². The number of ether oxygens (including phenoxy) is 1. The molecule has 0 fully saturated rings. The van der Waals surface area contributed by atoms with E-state index < -0.39 is 5.43 Å². The number of fused-ring (bicyclic) bond motifs is 1. The maximum absolute atomic E-state index is 12.6. The van der Waals surface area contributed by atoms with E-state index in [-0.39, 0.29) is 28.2 Å². The van der Waals surface area contributed by atoms with Crippen molar-refractivity contribution in [2.45, 2.75) is 26.2 Å². The van der Waals surface area contributed by atoms with Crippen molar-refractivity contribution in [1.82, 2.24) is 5.32 Å². The van der Waals surface area contributed by atoms with E-state index in [1.165, 1.54) is 6.07 Å². The molecule has 6 heteroatoms. The molecule has 0 atom stereocenters. The van der Waals surface area contributed by atoms with Crippen LogP contribution in [-0.4, -0.2) is 29.9 Å². The first-order valence-corrected chi connectivity index (χ1v) is 9.53. The second-order valence-corrected chi connectivity index (χ2v) is 6.59. The van der Waals surface area contributed by atoms with Crippen LogP contribution in [0.4, 0.5) is 0 Å². The van der Waals surface area contributed by atoms with E-state index in [4.69, 9.17) is 9.15 Å². The second-order valence-electron chi connectivity index (χ2n) is 6.59. The molecule has 0 amide bonds. The summed E-state index contributed by atoms with van der Waals surface area (Å²) in [5.41, 5.74) is 0.372. The van der Waals surface area contributed by atoms with E-state index in [9.17, 15) is 15.0 Å². The van der Waals surface area contributed by atoms with Gasteiger partial charge in [0.25, 0.3) is 0 Å². The third-order valence-corrected chi connectivity index (χ3v) is 4.40. The predicted octanol–water partition coefficient (Wildman–Crippen LogP) is 4.03. The minimum atomic E-state index is -0.397. The lowest BCUT2D eigenvalue weighted by Gasteiger charge is -2.12. The van der Waals surface area contributed by atoms with Gasteiger partial charge in [0.1, 0.15) is 16.9 Å². The molecule has 1 aromatic heterocycles. The molecule has 3 N–H and O–H groups in total. The molecule has 0 bridgehead atoms. The van der Waals surface area contributed by atoms with Gasteiger partial charge in [-0.05, 0) is 32.4 Å². The van der Waals surface area contributed by atoms with E-state index in [1.807, 2.05) is 30.3 Å². The molecule has 3 aromatic rings. The van der Waals surface area contributed by atoms with Crippen molar-refractivity contribution in [2.75, 3.05) is 19.7 Å². The van der Waals surface area contributed by atoms with Crippen LogP contribution in [0.1, 0.15) is 26.2 Å². The molecule has 0 radical (unpaired) electrons. The van der Waals surface area contributed by atoms with Crippen LogP contribution < -0.4 is 15.5 Å². The third-order valence-electron chi connectivity index (χ3n) is 4.40. The van der Waals surface area contributed by atoms with Gasteiger partial charge in [0, 0.05) is 17.7 Å². The van der Waals surface area contributed by atoms with Crippen LogP contribution in [0.5, 0.6) is 17.2 Å². The highest BCUT2D eigenvalue weighted by Gasteiger charge is 2.19. The van der Waals surface area contributed by atoms with Crippen molar-refractivity contribution >= 4 is 11.0 Å². The maximum atomic E-state index is 12.6. The Morgan fingerprint density at radius 2 is 1.82 bits per heavy atom. The molecule has 28 heavy (non-hydrogen) atoms. The van der Waals surface area contributed by atoms with Gasteiger partial charge < -0.3 is 24.7 Å². The van der Waals surface area contributed by atoms with Crippen LogP contribution in [0.25, 0.3) is 22.3 Å². The monoisotopic (exact) mass is 383 g/mol. The van der Waals surface area contributed by atoms with Gasteiger partial charge >= 0.3 is 0 Å². The zero-order valence-corrected chi connectivity index (χ0v) is 15.9. The molecule has 148 valence electrons. The lowest BCUT2D eigenvalue weighted by atomic mass is 10.1. The number of nitrogens with one attached hydrogen (secondary N) is 1. The van der Waals surface area contributed by atoms with Gasteiger partial charge in [0.15, 0.2) is 16.8 Å². The van der Waals surface area contributed by atoms with Crippen molar-refractivity contribution in [3.63, 3.8) is 0 Å². The van der Waals surface area contributed by atoms with Crippen molar-refractivity contribution in [2.24, 2.45) is 0 Å². The number of phenolic OH excluding ortho intramolecular Hbond substituents is 2. The Kier molecular flexibility index (Phi) is 6.55. The molecule has 0 unspecified atom stereocenters. The van der Waals surface area contributed by atoms with Gasteiger partial charge in [-0.3, -0.25) is 4.79 Å². The first-order valence-electron chi connectivity index (χ1n) is 9.53. The molecule has 0 aliphatic rings. The summed E-state index contributed by atoms with van der Waals surface area (Å²) in [6.45, 7) is 4.36. The fourth-order valence-corrected chi connectivity index (χ4v) is 2.99. The number of benzene rings is 2. The minimum absolute atomic E-state index is 0.00269. The molecular formula is C22H25NO5. The second kappa shape index (κ2) is 9.28. The highest BCUT2D eigenvalue weighted by molar-refractivity contribution is 5.91. The predicted molar refractivity (Wildman–Crippen MR) is 109 cm³/mol. The average Bonchev–Trinajstić information content (AvgIpc) is 2.69. The quantitative estimate of drug-likeness (QED) is 0.483. The van der Waals surface area contributed by atoms with Crippen LogP contribution in [0.3, 0.4) is 0 Å². The number of hydrogen-bond donors (Lipinski definition) is 3. The van der Waals surface area contributed by atoms with Crippen molar-refractivity contribution < 1.29 is 19.4 Å². The van der Waals surface area contributed by atoms with Crippen LogP contribution in [0.2, 0.25) is 0 Å². The Balaban J connectivity index is 1.89. The van der Waals surface area contributed by atoms with E-state index in [1.54, 1.807) is 0 Å². The molecular weight excluding hydrogens is 358 g/mol. The summed E-state index contributed by atoms with van der Waals surface area (Å²) in [5, 5.41) is 23.7. The smallest absolute Gasteiger partial charge is 0.205 e. The highest BCUT2D eigenvalue weighted by atomic mass is 16.5. The fraction of sp³-hybridized carbons (Fsp3) is 0.318. The molecule has 0 spiro atoms. The summed E-state index contributed by atoms with van der Waals surface area (Å²) < 4.78 is 11.6. The Morgan fingerprint density at radius 1 is 1.04 bits per heavy atom. The number of phenols is 2. The summed E-state index contributed by atoms with van der Waals surface area (Å²) >= 11 is 0. The average molecular weight is 383 g/mol. The first kappa shape index (κ1) is 19.8. The largest absolute Gasteiger partial charge is 0.507 e. The summed E-state index contributed by atoms with van der Waals surface area (Å²) in [4.78, 5) is 12.6. The van der Waals surface area contributed by atoms with E-state index in [0.717, 1.165) is 44.0 Å². The van der Waals surface area contributed by atoms with Crippen LogP contribution in [0, 0.1) is 0 Å². The topological polar surface area (TPSA) is 91.9 Å². The normalized spacial score (nSPS) is 11.0. The number of rotatable bonds is 9. The number of aromatic hydroxyl groups is 2. The highest BCUT2D eigenvalue weighted by Crippen LogP contribution is 2.40. The molecule has 3 rings (SSSR count). The molecule has 2 aromatic carbocycles. The first-order chi connectivity index (χ1) is 13.6. The number of unbranched alkanes of at least 4 members (excludes halogenated alkanes) is 1. The summed E-state index contributed by atoms with van der Waals surface area (Å²) in [6.07, 6.45) is 2.80. The van der Waals surface area contributed by atoms with Gasteiger partial charge in [-0.1, -0.05) is 37.3 Å². The van der Waals surface area contributed by atoms with Crippen LogP contribution in [0.15, 0.2) is 51.7 Å². The summed E-state index contributed by atoms with van der Waals surface area (Å²) in [7, 11) is 0. The van der Waals surface area contributed by atoms with E-state index in [0.29, 0.717) is 12.4 Å². The Morgan fingerprint density at radius 3 is 2.57 bits per heavy atom. The Bertz CT molecular complexity index is 982. The lowest BCUT2D eigenvalue weighted by molar-refractivity contribution is 0.288. The number of hydrogen-bond acceptors (Lipinski definition) is 6. The molecule has 0 saturated heterocycles. The standard InChI is InChI=1S/C22H25NO5/c1-2-10-23-11-6-7-12-27-21-18(26)13-16(24)20-17(25)14-19(28-22(20)21)15-8-4-3-5-9-15/h3-5,8-9,13-14,23-24,26H,2,6-7,10-12H2,1H3. The third kappa shape index (κ3) is 4.46. The maximum Gasteiger partial charge on any atom is 0.205 e. The van der Waals surface area contributed by atoms with Gasteiger partial charge in [0.05, 0.1) is 6.61 Å². The van der Waals surface area contributed by atoms with Gasteiger partial charge in [-0.25, -0.2) is 0 Å². The molecule has 0 aliphatic carbocycles. The van der Waals surface area contributed by atoms with Gasteiger partial charge in [-0.2, -0.15) is 0 Å².